The van der Waals surface area contributed by atoms with E-state index in [0.717, 1.165) is 12.4 Å². The third-order valence-corrected chi connectivity index (χ3v) is 2.99. The number of hydrogen-bond acceptors (Lipinski definition) is 3. The van der Waals surface area contributed by atoms with Crippen molar-refractivity contribution in [3.05, 3.63) is 24.4 Å². The van der Waals surface area contributed by atoms with Crippen LogP contribution in [0.2, 0.25) is 0 Å². The number of carboxylic acid groups (broad SMARTS) is 1. The number of nitrogens with zero attached hydrogens (tertiary/aromatic N) is 2. The van der Waals surface area contributed by atoms with Crippen LogP contribution in [-0.4, -0.2) is 28.6 Å². The van der Waals surface area contributed by atoms with Crippen molar-refractivity contribution in [2.24, 2.45) is 5.92 Å². The molecular weight excluding hydrogens is 192 g/mol. The molecule has 4 nitrogen and oxygen atoms in total. The van der Waals surface area contributed by atoms with Gasteiger partial charge in [-0.25, -0.2) is 4.98 Å². The van der Waals surface area contributed by atoms with E-state index >= 15 is 0 Å². The molecule has 1 N–H and O–H groups in total. The maximum atomic E-state index is 10.6. The fraction of sp³-hybridized carbons (Fsp3) is 0.455. The number of hydrogen-bond donors (Lipinski definition) is 1. The minimum atomic E-state index is -0.715. The summed E-state index contributed by atoms with van der Waals surface area (Å²) < 4.78 is 0. The molecule has 0 amide bonds. The van der Waals surface area contributed by atoms with E-state index in [1.54, 1.807) is 6.20 Å². The summed E-state index contributed by atoms with van der Waals surface area (Å²) in [6.07, 6.45) is 2.01. The molecule has 2 rings (SSSR count). The highest BCUT2D eigenvalue weighted by Crippen LogP contribution is 2.31. The van der Waals surface area contributed by atoms with Crippen LogP contribution in [0.4, 0.5) is 5.82 Å². The first-order chi connectivity index (χ1) is 7.18. The lowest BCUT2D eigenvalue weighted by atomic mass is 9.87. The highest BCUT2D eigenvalue weighted by Gasteiger charge is 2.37. The molecule has 0 spiro atoms. The average Bonchev–Trinajstić information content (AvgIpc) is 2.24. The Kier molecular flexibility index (Phi) is 2.58. The number of carboxylic acids is 1. The fourth-order valence-corrected chi connectivity index (χ4v) is 1.97. The monoisotopic (exact) mass is 206 g/mol. The minimum absolute atomic E-state index is 0.254. The summed E-state index contributed by atoms with van der Waals surface area (Å²) in [5, 5.41) is 8.69. The van der Waals surface area contributed by atoms with Crippen molar-refractivity contribution in [3.8, 4) is 0 Å². The van der Waals surface area contributed by atoms with Crippen molar-refractivity contribution in [3.63, 3.8) is 0 Å². The molecule has 0 saturated carbocycles. The minimum Gasteiger partial charge on any atom is -0.481 e. The predicted octanol–water partition coefficient (Wildman–Crippen LogP) is 1.38. The highest BCUT2D eigenvalue weighted by atomic mass is 16.4. The number of aliphatic carboxylic acids is 1. The maximum Gasteiger partial charge on any atom is 0.303 e. The number of pyridine rings is 1. The summed E-state index contributed by atoms with van der Waals surface area (Å²) >= 11 is 0. The molecule has 1 aliphatic rings. The topological polar surface area (TPSA) is 53.4 Å². The smallest absolute Gasteiger partial charge is 0.303 e. The van der Waals surface area contributed by atoms with Crippen LogP contribution in [0, 0.1) is 5.92 Å². The van der Waals surface area contributed by atoms with Gasteiger partial charge in [0, 0.05) is 24.7 Å². The van der Waals surface area contributed by atoms with E-state index in [1.165, 1.54) is 0 Å². The highest BCUT2D eigenvalue weighted by molar-refractivity contribution is 5.68. The molecule has 80 valence electrons. The Morgan fingerprint density at radius 3 is 3.00 bits per heavy atom. The Hall–Kier alpha value is -1.58. The quantitative estimate of drug-likeness (QED) is 0.811. The van der Waals surface area contributed by atoms with Gasteiger partial charge >= 0.3 is 5.97 Å². The number of aromatic nitrogens is 1. The standard InChI is InChI=1S/C11H14N2O2/c1-8-9(6-11(14)15)7-13(8)10-4-2-3-5-12-10/h2-5,8-9H,6-7H2,1H3,(H,14,15). The lowest BCUT2D eigenvalue weighted by molar-refractivity contribution is -0.138. The molecule has 2 unspecified atom stereocenters. The zero-order valence-electron chi connectivity index (χ0n) is 8.63. The Morgan fingerprint density at radius 1 is 1.67 bits per heavy atom. The third-order valence-electron chi connectivity index (χ3n) is 2.99. The predicted molar refractivity (Wildman–Crippen MR) is 56.8 cm³/mol. The number of anilines is 1. The summed E-state index contributed by atoms with van der Waals surface area (Å²) in [6, 6.07) is 6.05. The summed E-state index contributed by atoms with van der Waals surface area (Å²) in [7, 11) is 0. The van der Waals surface area contributed by atoms with Crippen molar-refractivity contribution in [2.75, 3.05) is 11.4 Å². The molecule has 15 heavy (non-hydrogen) atoms. The van der Waals surface area contributed by atoms with Crippen LogP contribution in [-0.2, 0) is 4.79 Å². The molecule has 0 aromatic carbocycles. The first-order valence-corrected chi connectivity index (χ1v) is 5.08. The third kappa shape index (κ3) is 1.93. The van der Waals surface area contributed by atoms with Crippen molar-refractivity contribution < 1.29 is 9.90 Å². The zero-order valence-corrected chi connectivity index (χ0v) is 8.63. The summed E-state index contributed by atoms with van der Waals surface area (Å²) in [5.41, 5.74) is 0. The van der Waals surface area contributed by atoms with Gasteiger partial charge in [-0.2, -0.15) is 0 Å². The van der Waals surface area contributed by atoms with Gasteiger partial charge in [0.2, 0.25) is 0 Å². The van der Waals surface area contributed by atoms with Gasteiger partial charge in [-0.15, -0.1) is 0 Å². The molecule has 0 aliphatic carbocycles. The molecule has 1 aromatic rings. The van der Waals surface area contributed by atoms with Crippen LogP contribution in [0.1, 0.15) is 13.3 Å². The molecule has 4 heteroatoms. The lowest BCUT2D eigenvalue weighted by Crippen LogP contribution is -2.55. The van der Waals surface area contributed by atoms with Gasteiger partial charge < -0.3 is 10.0 Å². The van der Waals surface area contributed by atoms with Gasteiger partial charge in [-0.05, 0) is 19.1 Å². The Bertz CT molecular complexity index is 353. The van der Waals surface area contributed by atoms with Crippen LogP contribution in [0.25, 0.3) is 0 Å². The molecule has 2 heterocycles. The van der Waals surface area contributed by atoms with E-state index in [0.29, 0.717) is 0 Å². The molecule has 0 bridgehead atoms. The Balaban J connectivity index is 1.97. The second kappa shape index (κ2) is 3.88. The van der Waals surface area contributed by atoms with E-state index in [1.807, 2.05) is 25.1 Å². The SMILES string of the molecule is CC1C(CC(=O)O)CN1c1ccccn1. The molecule has 1 saturated heterocycles. The van der Waals surface area contributed by atoms with E-state index in [9.17, 15) is 4.79 Å². The summed E-state index contributed by atoms with van der Waals surface area (Å²) in [4.78, 5) is 16.9. The first kappa shape index (κ1) is 9.96. The van der Waals surface area contributed by atoms with E-state index in [-0.39, 0.29) is 18.4 Å². The summed E-state index contributed by atoms with van der Waals surface area (Å²) in [5.74, 6) is 0.476. The van der Waals surface area contributed by atoms with Crippen LogP contribution >= 0.6 is 0 Å². The molecule has 2 atom stereocenters. The Morgan fingerprint density at radius 2 is 2.47 bits per heavy atom. The first-order valence-electron chi connectivity index (χ1n) is 5.08. The van der Waals surface area contributed by atoms with Gasteiger partial charge in [0.1, 0.15) is 5.82 Å². The fourth-order valence-electron chi connectivity index (χ4n) is 1.97. The maximum absolute atomic E-state index is 10.6. The van der Waals surface area contributed by atoms with Crippen molar-refractivity contribution in [2.45, 2.75) is 19.4 Å². The second-order valence-electron chi connectivity index (χ2n) is 3.94. The number of rotatable bonds is 3. The molecular formula is C11H14N2O2. The van der Waals surface area contributed by atoms with E-state index in [4.69, 9.17) is 5.11 Å². The van der Waals surface area contributed by atoms with Gasteiger partial charge in [0.25, 0.3) is 0 Å². The van der Waals surface area contributed by atoms with Crippen molar-refractivity contribution >= 4 is 11.8 Å². The van der Waals surface area contributed by atoms with Crippen molar-refractivity contribution in [1.82, 2.24) is 4.98 Å². The molecule has 1 fully saturated rings. The van der Waals surface area contributed by atoms with Crippen LogP contribution < -0.4 is 4.90 Å². The van der Waals surface area contributed by atoms with E-state index < -0.39 is 5.97 Å². The second-order valence-corrected chi connectivity index (χ2v) is 3.94. The summed E-state index contributed by atoms with van der Waals surface area (Å²) in [6.45, 7) is 2.84. The van der Waals surface area contributed by atoms with Gasteiger partial charge in [0.15, 0.2) is 0 Å². The van der Waals surface area contributed by atoms with Crippen LogP contribution in [0.3, 0.4) is 0 Å². The normalized spacial score (nSPS) is 24.7. The Labute approximate surface area is 88.6 Å². The largest absolute Gasteiger partial charge is 0.481 e. The lowest BCUT2D eigenvalue weighted by Gasteiger charge is -2.46. The van der Waals surface area contributed by atoms with Crippen LogP contribution in [0.5, 0.6) is 0 Å². The van der Waals surface area contributed by atoms with Crippen LogP contribution in [0.15, 0.2) is 24.4 Å². The number of carbonyl (C=O) groups is 1. The van der Waals surface area contributed by atoms with Gasteiger partial charge in [-0.3, -0.25) is 4.79 Å². The van der Waals surface area contributed by atoms with Crippen molar-refractivity contribution in [1.29, 1.82) is 0 Å². The average molecular weight is 206 g/mol. The van der Waals surface area contributed by atoms with Gasteiger partial charge in [-0.1, -0.05) is 6.07 Å². The molecule has 1 aromatic heterocycles. The van der Waals surface area contributed by atoms with Gasteiger partial charge in [0.05, 0.1) is 6.42 Å². The van der Waals surface area contributed by atoms with E-state index in [2.05, 4.69) is 9.88 Å². The molecule has 1 aliphatic heterocycles. The zero-order chi connectivity index (χ0) is 10.8. The molecule has 0 radical (unpaired) electrons.